The predicted octanol–water partition coefficient (Wildman–Crippen LogP) is 3.80. The number of carbonyl (C=O) groups is 2. The van der Waals surface area contributed by atoms with E-state index in [1.165, 1.54) is 5.01 Å². The van der Waals surface area contributed by atoms with Crippen LogP contribution in [0.4, 0.5) is 4.79 Å². The first-order chi connectivity index (χ1) is 12.8. The van der Waals surface area contributed by atoms with Gasteiger partial charge in [0.05, 0.1) is 13.0 Å². The van der Waals surface area contributed by atoms with Crippen molar-refractivity contribution in [3.63, 3.8) is 0 Å². The lowest BCUT2D eigenvalue weighted by molar-refractivity contribution is -0.164. The summed E-state index contributed by atoms with van der Waals surface area (Å²) in [5.41, 5.74) is 4.19. The number of hydrogen-bond acceptors (Lipinski definition) is 4. The second kappa shape index (κ2) is 9.73. The molecule has 2 amide bonds. The van der Waals surface area contributed by atoms with Gasteiger partial charge in [-0.05, 0) is 16.5 Å². The molecule has 0 spiro atoms. The molecule has 0 saturated heterocycles. The standard InChI is InChI=1S/C21H27N3O3/c1-21(2,3)14-19(25)27-23-24(16-18-12-8-5-9-13-18)20(26)22-15-17-10-6-4-7-11-17/h4-13,23H,14-16H2,1-3H3,(H,22,26). The van der Waals surface area contributed by atoms with Crippen molar-refractivity contribution < 1.29 is 14.4 Å². The smallest absolute Gasteiger partial charge is 0.334 e. The monoisotopic (exact) mass is 369 g/mol. The molecule has 0 aliphatic rings. The van der Waals surface area contributed by atoms with Crippen LogP contribution in [0.15, 0.2) is 60.7 Å². The number of amides is 2. The SMILES string of the molecule is CC(C)(C)CC(=O)ONN(Cc1ccccc1)C(=O)NCc1ccccc1. The first-order valence-corrected chi connectivity index (χ1v) is 8.92. The summed E-state index contributed by atoms with van der Waals surface area (Å²) in [5.74, 6) is -0.420. The number of urea groups is 1. The molecule has 0 aliphatic carbocycles. The maximum atomic E-state index is 12.6. The van der Waals surface area contributed by atoms with E-state index in [0.29, 0.717) is 6.54 Å². The van der Waals surface area contributed by atoms with Crippen LogP contribution in [-0.2, 0) is 22.7 Å². The second-order valence-electron chi connectivity index (χ2n) is 7.52. The van der Waals surface area contributed by atoms with E-state index in [1.54, 1.807) is 0 Å². The van der Waals surface area contributed by atoms with Crippen molar-refractivity contribution in [1.29, 1.82) is 0 Å². The van der Waals surface area contributed by atoms with E-state index in [9.17, 15) is 9.59 Å². The summed E-state index contributed by atoms with van der Waals surface area (Å²) in [5, 5.41) is 4.07. The minimum Gasteiger partial charge on any atom is -0.351 e. The molecule has 0 aromatic heterocycles. The lowest BCUT2D eigenvalue weighted by Crippen LogP contribution is -2.48. The summed E-state index contributed by atoms with van der Waals surface area (Å²) in [7, 11) is 0. The van der Waals surface area contributed by atoms with Crippen molar-refractivity contribution in [3.8, 4) is 0 Å². The van der Waals surface area contributed by atoms with Gasteiger partial charge in [0.2, 0.25) is 0 Å². The number of nitrogens with one attached hydrogen (secondary N) is 2. The molecule has 144 valence electrons. The zero-order valence-corrected chi connectivity index (χ0v) is 16.1. The molecule has 0 saturated carbocycles. The normalized spacial score (nSPS) is 10.9. The number of rotatable bonds is 7. The minimum atomic E-state index is -0.420. The molecule has 2 aromatic carbocycles. The highest BCUT2D eigenvalue weighted by Crippen LogP contribution is 2.18. The topological polar surface area (TPSA) is 70.7 Å². The molecule has 6 nitrogen and oxygen atoms in total. The Morgan fingerprint density at radius 1 is 0.926 bits per heavy atom. The third-order valence-electron chi connectivity index (χ3n) is 3.66. The Morgan fingerprint density at radius 2 is 1.48 bits per heavy atom. The fourth-order valence-electron chi connectivity index (χ4n) is 2.36. The van der Waals surface area contributed by atoms with Crippen LogP contribution in [0.5, 0.6) is 0 Å². The molecule has 0 bridgehead atoms. The molecule has 0 fully saturated rings. The summed E-state index contributed by atoms with van der Waals surface area (Å²) >= 11 is 0. The van der Waals surface area contributed by atoms with Gasteiger partial charge in [0.25, 0.3) is 0 Å². The Labute approximate surface area is 160 Å². The van der Waals surface area contributed by atoms with Crippen LogP contribution in [0.2, 0.25) is 0 Å². The third-order valence-corrected chi connectivity index (χ3v) is 3.66. The second-order valence-corrected chi connectivity index (χ2v) is 7.52. The molecule has 0 aliphatic heterocycles. The maximum Gasteiger partial charge on any atom is 0.334 e. The average molecular weight is 369 g/mol. The largest absolute Gasteiger partial charge is 0.351 e. The van der Waals surface area contributed by atoms with Gasteiger partial charge < -0.3 is 10.2 Å². The molecule has 0 atom stereocenters. The van der Waals surface area contributed by atoms with Gasteiger partial charge >= 0.3 is 12.0 Å². The Kier molecular flexibility index (Phi) is 7.37. The maximum absolute atomic E-state index is 12.6. The van der Waals surface area contributed by atoms with E-state index in [2.05, 4.69) is 10.9 Å². The first-order valence-electron chi connectivity index (χ1n) is 8.92. The van der Waals surface area contributed by atoms with E-state index in [1.807, 2.05) is 81.4 Å². The number of benzene rings is 2. The van der Waals surface area contributed by atoms with Crippen LogP contribution in [0.25, 0.3) is 0 Å². The fourth-order valence-corrected chi connectivity index (χ4v) is 2.36. The zero-order chi connectivity index (χ0) is 19.7. The number of hydrogen-bond donors (Lipinski definition) is 2. The Bertz CT molecular complexity index is 727. The van der Waals surface area contributed by atoms with Gasteiger partial charge in [-0.25, -0.2) is 9.80 Å². The van der Waals surface area contributed by atoms with Crippen molar-refractivity contribution in [2.24, 2.45) is 5.41 Å². The van der Waals surface area contributed by atoms with Crippen LogP contribution in [0.1, 0.15) is 38.3 Å². The summed E-state index contributed by atoms with van der Waals surface area (Å²) in [6.07, 6.45) is 0.241. The highest BCUT2D eigenvalue weighted by atomic mass is 16.7. The summed E-state index contributed by atoms with van der Waals surface area (Å²) < 4.78 is 0. The molecule has 0 heterocycles. The quantitative estimate of drug-likeness (QED) is 0.729. The van der Waals surface area contributed by atoms with Gasteiger partial charge in [-0.1, -0.05) is 87.0 Å². The minimum absolute atomic E-state index is 0.196. The van der Waals surface area contributed by atoms with Gasteiger partial charge in [-0.2, -0.15) is 0 Å². The predicted molar refractivity (Wildman–Crippen MR) is 104 cm³/mol. The van der Waals surface area contributed by atoms with Gasteiger partial charge in [-0.3, -0.25) is 4.79 Å². The lowest BCUT2D eigenvalue weighted by Gasteiger charge is -2.24. The van der Waals surface area contributed by atoms with E-state index in [4.69, 9.17) is 4.84 Å². The Hall–Kier alpha value is -2.86. The molecule has 2 aromatic rings. The molecule has 6 heteroatoms. The van der Waals surface area contributed by atoms with Crippen molar-refractivity contribution in [3.05, 3.63) is 71.8 Å². The number of hydrazine groups is 1. The van der Waals surface area contributed by atoms with Crippen molar-refractivity contribution >= 4 is 12.0 Å². The molecule has 2 N–H and O–H groups in total. The average Bonchev–Trinajstić information content (AvgIpc) is 2.63. The number of carbonyl (C=O) groups excluding carboxylic acids is 2. The van der Waals surface area contributed by atoms with Gasteiger partial charge in [0, 0.05) is 6.54 Å². The van der Waals surface area contributed by atoms with Gasteiger partial charge in [-0.15, -0.1) is 0 Å². The van der Waals surface area contributed by atoms with E-state index < -0.39 is 5.97 Å². The highest BCUT2D eigenvalue weighted by molar-refractivity contribution is 5.74. The highest BCUT2D eigenvalue weighted by Gasteiger charge is 2.20. The van der Waals surface area contributed by atoms with E-state index in [-0.39, 0.29) is 24.4 Å². The Morgan fingerprint density at radius 3 is 2.04 bits per heavy atom. The van der Waals surface area contributed by atoms with Crippen LogP contribution in [0.3, 0.4) is 0 Å². The summed E-state index contributed by atoms with van der Waals surface area (Å²) in [6.45, 7) is 6.47. The van der Waals surface area contributed by atoms with Gasteiger partial charge in [0.1, 0.15) is 0 Å². The lowest BCUT2D eigenvalue weighted by atomic mass is 9.93. The molecule has 27 heavy (non-hydrogen) atoms. The third kappa shape index (κ3) is 7.92. The van der Waals surface area contributed by atoms with Crippen molar-refractivity contribution in [1.82, 2.24) is 15.9 Å². The Balaban J connectivity index is 1.97. The van der Waals surface area contributed by atoms with Crippen LogP contribution in [-0.4, -0.2) is 17.0 Å². The number of nitrogens with zero attached hydrogens (tertiary/aromatic N) is 1. The van der Waals surface area contributed by atoms with Gasteiger partial charge in [0.15, 0.2) is 0 Å². The first kappa shape index (κ1) is 20.5. The van der Waals surface area contributed by atoms with Crippen molar-refractivity contribution in [2.75, 3.05) is 0 Å². The van der Waals surface area contributed by atoms with Crippen LogP contribution < -0.4 is 10.9 Å². The van der Waals surface area contributed by atoms with Crippen molar-refractivity contribution in [2.45, 2.75) is 40.3 Å². The van der Waals surface area contributed by atoms with E-state index in [0.717, 1.165) is 11.1 Å². The van der Waals surface area contributed by atoms with Crippen LogP contribution >= 0.6 is 0 Å². The van der Waals surface area contributed by atoms with E-state index >= 15 is 0 Å². The molecule has 0 unspecified atom stereocenters. The summed E-state index contributed by atoms with van der Waals surface area (Å²) in [4.78, 5) is 29.7. The zero-order valence-electron chi connectivity index (χ0n) is 16.1. The molecular formula is C21H27N3O3. The molecule has 2 rings (SSSR count). The fraction of sp³-hybridized carbons (Fsp3) is 0.333. The van der Waals surface area contributed by atoms with Crippen LogP contribution in [0, 0.1) is 5.41 Å². The summed E-state index contributed by atoms with van der Waals surface area (Å²) in [6, 6.07) is 18.7. The molecular weight excluding hydrogens is 342 g/mol. The molecule has 0 radical (unpaired) electrons.